The summed E-state index contributed by atoms with van der Waals surface area (Å²) < 4.78 is 40.7. The van der Waals surface area contributed by atoms with Crippen molar-refractivity contribution in [3.63, 3.8) is 0 Å². The molecular formula is C13H19F3IN3O. The molecule has 0 amide bonds. The highest BCUT2D eigenvalue weighted by atomic mass is 127. The van der Waals surface area contributed by atoms with Gasteiger partial charge >= 0.3 is 6.18 Å². The average Bonchev–Trinajstić information content (AvgIpc) is 2.38. The van der Waals surface area contributed by atoms with Crippen molar-refractivity contribution in [3.8, 4) is 5.75 Å². The third-order valence-electron chi connectivity index (χ3n) is 2.51. The maximum Gasteiger partial charge on any atom is 0.389 e. The van der Waals surface area contributed by atoms with Gasteiger partial charge in [-0.05, 0) is 37.1 Å². The van der Waals surface area contributed by atoms with Crippen molar-refractivity contribution in [2.75, 3.05) is 19.0 Å². The molecule has 0 saturated heterocycles. The number of aliphatic imine (C=N–C) groups is 1. The molecule has 0 aliphatic heterocycles. The van der Waals surface area contributed by atoms with Crippen LogP contribution in [0.1, 0.15) is 19.3 Å². The number of rotatable bonds is 6. The van der Waals surface area contributed by atoms with Crippen molar-refractivity contribution in [1.29, 1.82) is 0 Å². The molecule has 1 rings (SSSR count). The number of halogens is 4. The summed E-state index contributed by atoms with van der Waals surface area (Å²) in [6, 6.07) is 7.06. The number of anilines is 1. The van der Waals surface area contributed by atoms with Gasteiger partial charge < -0.3 is 15.8 Å². The summed E-state index contributed by atoms with van der Waals surface area (Å²) in [6.45, 7) is 0.269. The van der Waals surface area contributed by atoms with Crippen LogP contribution in [0.5, 0.6) is 5.75 Å². The lowest BCUT2D eigenvalue weighted by atomic mass is 10.2. The van der Waals surface area contributed by atoms with Crippen LogP contribution in [0, 0.1) is 0 Å². The Morgan fingerprint density at radius 3 is 2.38 bits per heavy atom. The highest BCUT2D eigenvalue weighted by molar-refractivity contribution is 14.0. The first kappa shape index (κ1) is 19.8. The van der Waals surface area contributed by atoms with E-state index in [1.165, 1.54) is 0 Å². The topological polar surface area (TPSA) is 59.6 Å². The first-order valence-corrected chi connectivity index (χ1v) is 6.18. The molecule has 0 unspecified atom stereocenters. The van der Waals surface area contributed by atoms with Gasteiger partial charge in [0.15, 0.2) is 5.96 Å². The molecule has 8 heteroatoms. The minimum absolute atomic E-state index is 0. The number of nitrogens with zero attached hydrogens (tertiary/aromatic N) is 1. The lowest BCUT2D eigenvalue weighted by molar-refractivity contribution is -0.135. The van der Waals surface area contributed by atoms with Crippen LogP contribution in [-0.4, -0.2) is 25.8 Å². The summed E-state index contributed by atoms with van der Waals surface area (Å²) >= 11 is 0. The van der Waals surface area contributed by atoms with Gasteiger partial charge in [-0.1, -0.05) is 0 Å². The first-order chi connectivity index (χ1) is 9.40. The summed E-state index contributed by atoms with van der Waals surface area (Å²) in [5.74, 6) is 0.903. The van der Waals surface area contributed by atoms with Crippen molar-refractivity contribution in [3.05, 3.63) is 24.3 Å². The summed E-state index contributed by atoms with van der Waals surface area (Å²) in [6.07, 6.45) is -4.47. The number of nitrogens with two attached hydrogens (primary N) is 1. The highest BCUT2D eigenvalue weighted by Gasteiger charge is 2.25. The average molecular weight is 417 g/mol. The van der Waals surface area contributed by atoms with Gasteiger partial charge in [0.2, 0.25) is 0 Å². The number of hydrogen-bond donors (Lipinski definition) is 2. The molecule has 0 aliphatic carbocycles. The van der Waals surface area contributed by atoms with Crippen molar-refractivity contribution in [2.24, 2.45) is 10.7 Å². The molecule has 4 nitrogen and oxygen atoms in total. The Morgan fingerprint density at radius 1 is 1.24 bits per heavy atom. The molecule has 3 N–H and O–H groups in total. The number of ether oxygens (including phenoxy) is 1. The predicted octanol–water partition coefficient (Wildman–Crippen LogP) is 3.77. The summed E-state index contributed by atoms with van der Waals surface area (Å²) in [5, 5.41) is 2.85. The zero-order chi connectivity index (χ0) is 15.0. The van der Waals surface area contributed by atoms with E-state index in [9.17, 15) is 13.2 Å². The van der Waals surface area contributed by atoms with E-state index in [0.29, 0.717) is 6.42 Å². The number of benzene rings is 1. The largest absolute Gasteiger partial charge is 0.497 e. The Kier molecular flexibility index (Phi) is 9.14. The molecule has 0 aliphatic rings. The van der Waals surface area contributed by atoms with Crippen LogP contribution < -0.4 is 15.8 Å². The van der Waals surface area contributed by atoms with Gasteiger partial charge in [0, 0.05) is 18.7 Å². The van der Waals surface area contributed by atoms with Crippen LogP contribution >= 0.6 is 24.0 Å². The molecule has 21 heavy (non-hydrogen) atoms. The highest BCUT2D eigenvalue weighted by Crippen LogP contribution is 2.22. The van der Waals surface area contributed by atoms with E-state index in [-0.39, 0.29) is 42.9 Å². The molecule has 1 aromatic rings. The SMILES string of the molecule is COc1ccc(NC(N)=NCCCCC(F)(F)F)cc1.I. The predicted molar refractivity (Wildman–Crippen MR) is 88.4 cm³/mol. The van der Waals surface area contributed by atoms with E-state index in [4.69, 9.17) is 10.5 Å². The van der Waals surface area contributed by atoms with Crippen LogP contribution in [-0.2, 0) is 0 Å². The number of hydrogen-bond acceptors (Lipinski definition) is 2. The summed E-state index contributed by atoms with van der Waals surface area (Å²) in [5.41, 5.74) is 6.37. The van der Waals surface area contributed by atoms with E-state index in [1.807, 2.05) is 0 Å². The summed E-state index contributed by atoms with van der Waals surface area (Å²) in [4.78, 5) is 3.97. The van der Waals surface area contributed by atoms with Crippen LogP contribution in [0.4, 0.5) is 18.9 Å². The van der Waals surface area contributed by atoms with E-state index >= 15 is 0 Å². The fourth-order valence-corrected chi connectivity index (χ4v) is 1.50. The van der Waals surface area contributed by atoms with Gasteiger partial charge in [0.1, 0.15) is 5.75 Å². The minimum atomic E-state index is -4.10. The van der Waals surface area contributed by atoms with Crippen molar-refractivity contribution < 1.29 is 17.9 Å². The van der Waals surface area contributed by atoms with E-state index in [0.717, 1.165) is 11.4 Å². The number of nitrogens with one attached hydrogen (secondary N) is 1. The molecule has 120 valence electrons. The molecule has 0 spiro atoms. The Balaban J connectivity index is 0.00000400. The Hall–Kier alpha value is -1.19. The zero-order valence-corrected chi connectivity index (χ0v) is 13.9. The van der Waals surface area contributed by atoms with E-state index < -0.39 is 12.6 Å². The number of alkyl halides is 3. The van der Waals surface area contributed by atoms with Crippen LogP contribution in [0.2, 0.25) is 0 Å². The number of guanidine groups is 1. The number of unbranched alkanes of at least 4 members (excludes halogenated alkanes) is 1. The standard InChI is InChI=1S/C13H18F3N3O.HI/c1-20-11-6-4-10(5-7-11)19-12(17)18-9-3-2-8-13(14,15)16;/h4-7H,2-3,8-9H2,1H3,(H3,17,18,19);1H. The third kappa shape index (κ3) is 9.38. The molecule has 0 heterocycles. The van der Waals surface area contributed by atoms with Gasteiger partial charge in [-0.25, -0.2) is 0 Å². The third-order valence-corrected chi connectivity index (χ3v) is 2.51. The molecule has 0 bridgehead atoms. The normalized spacial score (nSPS) is 11.7. The second kappa shape index (κ2) is 9.69. The smallest absolute Gasteiger partial charge is 0.389 e. The van der Waals surface area contributed by atoms with Crippen LogP contribution in [0.25, 0.3) is 0 Å². The lowest BCUT2D eigenvalue weighted by Crippen LogP contribution is -2.22. The van der Waals surface area contributed by atoms with Gasteiger partial charge in [0.05, 0.1) is 7.11 Å². The van der Waals surface area contributed by atoms with Gasteiger partial charge in [-0.2, -0.15) is 13.2 Å². The number of methoxy groups -OCH3 is 1. The fourth-order valence-electron chi connectivity index (χ4n) is 1.50. The zero-order valence-electron chi connectivity index (χ0n) is 11.6. The molecule has 0 fully saturated rings. The van der Waals surface area contributed by atoms with Crippen molar-refractivity contribution >= 4 is 35.6 Å². The molecule has 0 aromatic heterocycles. The van der Waals surface area contributed by atoms with Gasteiger partial charge in [-0.15, -0.1) is 24.0 Å². The lowest BCUT2D eigenvalue weighted by Gasteiger charge is -2.07. The second-order valence-electron chi connectivity index (χ2n) is 4.19. The van der Waals surface area contributed by atoms with Crippen LogP contribution in [0.3, 0.4) is 0 Å². The maximum absolute atomic E-state index is 11.9. The fraction of sp³-hybridized carbons (Fsp3) is 0.462. The Morgan fingerprint density at radius 2 is 1.86 bits per heavy atom. The van der Waals surface area contributed by atoms with Crippen LogP contribution in [0.15, 0.2) is 29.3 Å². The van der Waals surface area contributed by atoms with Gasteiger partial charge in [-0.3, -0.25) is 4.99 Å². The van der Waals surface area contributed by atoms with Gasteiger partial charge in [0.25, 0.3) is 0 Å². The van der Waals surface area contributed by atoms with Crippen molar-refractivity contribution in [2.45, 2.75) is 25.4 Å². The monoisotopic (exact) mass is 417 g/mol. The Labute approximate surface area is 139 Å². The first-order valence-electron chi connectivity index (χ1n) is 6.18. The quantitative estimate of drug-likeness (QED) is 0.321. The second-order valence-corrected chi connectivity index (χ2v) is 4.19. The minimum Gasteiger partial charge on any atom is -0.497 e. The maximum atomic E-state index is 11.9. The van der Waals surface area contributed by atoms with E-state index in [2.05, 4.69) is 10.3 Å². The van der Waals surface area contributed by atoms with E-state index in [1.54, 1.807) is 31.4 Å². The Bertz CT molecular complexity index is 435. The molecule has 1 aromatic carbocycles. The van der Waals surface area contributed by atoms with Crippen molar-refractivity contribution in [1.82, 2.24) is 0 Å². The molecule has 0 atom stereocenters. The summed E-state index contributed by atoms with van der Waals surface area (Å²) in [7, 11) is 1.57. The molecule has 0 radical (unpaired) electrons. The molecule has 0 saturated carbocycles. The molecular weight excluding hydrogens is 398 g/mol.